The van der Waals surface area contributed by atoms with Gasteiger partial charge in [-0.25, -0.2) is 0 Å². The first-order valence-corrected chi connectivity index (χ1v) is 5.61. The summed E-state index contributed by atoms with van der Waals surface area (Å²) in [4.78, 5) is 13.6. The molecule has 0 aliphatic heterocycles. The van der Waals surface area contributed by atoms with Gasteiger partial charge in [0.1, 0.15) is 0 Å². The summed E-state index contributed by atoms with van der Waals surface area (Å²) in [6, 6.07) is 0. The first kappa shape index (κ1) is 15.3. The zero-order valence-corrected chi connectivity index (χ0v) is 10.9. The van der Waals surface area contributed by atoms with Gasteiger partial charge in [-0.15, -0.1) is 0 Å². The van der Waals surface area contributed by atoms with E-state index in [-0.39, 0.29) is 5.91 Å². The van der Waals surface area contributed by atoms with Crippen molar-refractivity contribution in [2.75, 3.05) is 46.9 Å². The molecule has 0 saturated carbocycles. The lowest BCUT2D eigenvalue weighted by Crippen LogP contribution is -2.42. The quantitative estimate of drug-likeness (QED) is 0.561. The van der Waals surface area contributed by atoms with Gasteiger partial charge in [-0.05, 0) is 27.9 Å². The maximum absolute atomic E-state index is 11.6. The van der Waals surface area contributed by atoms with Crippen molar-refractivity contribution in [3.05, 3.63) is 0 Å². The highest BCUT2D eigenvalue weighted by atomic mass is 16.5. The third kappa shape index (κ3) is 6.76. The Balaban J connectivity index is 3.49. The van der Waals surface area contributed by atoms with Crippen LogP contribution in [0.4, 0.5) is 0 Å². The molecule has 5 heteroatoms. The molecule has 0 saturated heterocycles. The van der Waals surface area contributed by atoms with Gasteiger partial charge in [-0.1, -0.05) is 0 Å². The molecule has 5 nitrogen and oxygen atoms in total. The van der Waals surface area contributed by atoms with Crippen molar-refractivity contribution in [1.29, 1.82) is 0 Å². The van der Waals surface area contributed by atoms with E-state index in [1.807, 2.05) is 27.9 Å². The van der Waals surface area contributed by atoms with E-state index in [0.717, 1.165) is 6.54 Å². The van der Waals surface area contributed by atoms with E-state index >= 15 is 0 Å². The van der Waals surface area contributed by atoms with Crippen molar-refractivity contribution in [3.63, 3.8) is 0 Å². The lowest BCUT2D eigenvalue weighted by atomic mass is 9.93. The molecular weight excluding hydrogens is 206 g/mol. The van der Waals surface area contributed by atoms with E-state index in [1.165, 1.54) is 0 Å². The van der Waals surface area contributed by atoms with Crippen molar-refractivity contribution in [2.24, 2.45) is 11.1 Å². The van der Waals surface area contributed by atoms with E-state index in [4.69, 9.17) is 10.5 Å². The summed E-state index contributed by atoms with van der Waals surface area (Å²) in [5.74, 6) is -0.0220. The Bertz CT molecular complexity index is 205. The normalized spacial score (nSPS) is 11.9. The zero-order chi connectivity index (χ0) is 12.6. The van der Waals surface area contributed by atoms with E-state index in [2.05, 4.69) is 10.2 Å². The van der Waals surface area contributed by atoms with Crippen molar-refractivity contribution >= 4 is 5.91 Å². The monoisotopic (exact) mass is 231 g/mol. The Kier molecular flexibility index (Phi) is 7.29. The summed E-state index contributed by atoms with van der Waals surface area (Å²) in [6.45, 7) is 6.66. The third-order valence-electron chi connectivity index (χ3n) is 2.34. The number of amides is 1. The van der Waals surface area contributed by atoms with Crippen LogP contribution in [0.25, 0.3) is 0 Å². The SMILES string of the molecule is CN(C)CCOCCNC(=O)C(C)(C)CN. The van der Waals surface area contributed by atoms with E-state index in [0.29, 0.717) is 26.3 Å². The summed E-state index contributed by atoms with van der Waals surface area (Å²) in [7, 11) is 3.99. The lowest BCUT2D eigenvalue weighted by molar-refractivity contribution is -0.129. The molecule has 0 unspecified atom stereocenters. The molecule has 1 amide bonds. The predicted molar refractivity (Wildman–Crippen MR) is 65.2 cm³/mol. The molecule has 16 heavy (non-hydrogen) atoms. The van der Waals surface area contributed by atoms with Crippen LogP contribution in [-0.2, 0) is 9.53 Å². The summed E-state index contributed by atoms with van der Waals surface area (Å²) >= 11 is 0. The fourth-order valence-electron chi connectivity index (χ4n) is 0.918. The Morgan fingerprint density at radius 2 is 2.00 bits per heavy atom. The fraction of sp³-hybridized carbons (Fsp3) is 0.909. The van der Waals surface area contributed by atoms with Gasteiger partial charge in [0.25, 0.3) is 0 Å². The topological polar surface area (TPSA) is 67.6 Å². The minimum Gasteiger partial charge on any atom is -0.378 e. The standard InChI is InChI=1S/C11H25N3O2/c1-11(2,9-12)10(15)13-5-7-16-8-6-14(3)4/h5-9,12H2,1-4H3,(H,13,15). The Labute approximate surface area is 98.3 Å². The average Bonchev–Trinajstić information content (AvgIpc) is 2.22. The third-order valence-corrected chi connectivity index (χ3v) is 2.34. The molecule has 0 heterocycles. The molecule has 0 bridgehead atoms. The summed E-state index contributed by atoms with van der Waals surface area (Å²) in [5, 5.41) is 2.80. The molecule has 0 aromatic rings. The molecule has 0 aliphatic rings. The van der Waals surface area contributed by atoms with Crippen LogP contribution in [-0.4, -0.2) is 57.8 Å². The Hall–Kier alpha value is -0.650. The largest absolute Gasteiger partial charge is 0.378 e. The molecule has 0 aromatic carbocycles. The number of hydrogen-bond donors (Lipinski definition) is 2. The van der Waals surface area contributed by atoms with Crippen LogP contribution in [0.15, 0.2) is 0 Å². The van der Waals surface area contributed by atoms with Crippen LogP contribution in [0, 0.1) is 5.41 Å². The predicted octanol–water partition coefficient (Wildman–Crippen LogP) is -0.334. The van der Waals surface area contributed by atoms with Crippen LogP contribution >= 0.6 is 0 Å². The summed E-state index contributed by atoms with van der Waals surface area (Å²) in [6.07, 6.45) is 0. The molecule has 0 radical (unpaired) electrons. The van der Waals surface area contributed by atoms with Gasteiger partial charge in [-0.2, -0.15) is 0 Å². The number of nitrogens with one attached hydrogen (secondary N) is 1. The number of nitrogens with two attached hydrogens (primary N) is 1. The van der Waals surface area contributed by atoms with E-state index in [1.54, 1.807) is 0 Å². The lowest BCUT2D eigenvalue weighted by Gasteiger charge is -2.21. The fourth-order valence-corrected chi connectivity index (χ4v) is 0.918. The second kappa shape index (κ2) is 7.60. The second-order valence-corrected chi connectivity index (χ2v) is 4.76. The molecule has 0 atom stereocenters. The van der Waals surface area contributed by atoms with Gasteiger partial charge >= 0.3 is 0 Å². The van der Waals surface area contributed by atoms with Gasteiger partial charge < -0.3 is 20.7 Å². The summed E-state index contributed by atoms with van der Waals surface area (Å²) < 4.78 is 5.35. The number of ether oxygens (including phenoxy) is 1. The number of nitrogens with zero attached hydrogens (tertiary/aromatic N) is 1. The van der Waals surface area contributed by atoms with Crippen LogP contribution in [0.1, 0.15) is 13.8 Å². The molecular formula is C11H25N3O2. The molecule has 0 aromatic heterocycles. The van der Waals surface area contributed by atoms with E-state index < -0.39 is 5.41 Å². The molecule has 0 fully saturated rings. The number of carbonyl (C=O) groups excluding carboxylic acids is 1. The molecule has 3 N–H and O–H groups in total. The molecule has 96 valence electrons. The number of likely N-dealkylation sites (N-methyl/N-ethyl adjacent to an activating group) is 1. The second-order valence-electron chi connectivity index (χ2n) is 4.76. The highest BCUT2D eigenvalue weighted by Crippen LogP contribution is 2.11. The van der Waals surface area contributed by atoms with Gasteiger partial charge in [0, 0.05) is 19.6 Å². The highest BCUT2D eigenvalue weighted by molar-refractivity contribution is 5.81. The van der Waals surface area contributed by atoms with Crippen LogP contribution in [0.3, 0.4) is 0 Å². The van der Waals surface area contributed by atoms with Crippen molar-refractivity contribution < 1.29 is 9.53 Å². The first-order valence-electron chi connectivity index (χ1n) is 5.61. The number of carbonyl (C=O) groups is 1. The van der Waals surface area contributed by atoms with Crippen LogP contribution in [0.2, 0.25) is 0 Å². The van der Waals surface area contributed by atoms with Crippen LogP contribution in [0.5, 0.6) is 0 Å². The Morgan fingerprint density at radius 3 is 2.50 bits per heavy atom. The van der Waals surface area contributed by atoms with Gasteiger partial charge in [0.15, 0.2) is 0 Å². The van der Waals surface area contributed by atoms with Gasteiger partial charge in [-0.3, -0.25) is 4.79 Å². The molecule has 0 aliphatic carbocycles. The van der Waals surface area contributed by atoms with E-state index in [9.17, 15) is 4.79 Å². The van der Waals surface area contributed by atoms with Gasteiger partial charge in [0.2, 0.25) is 5.91 Å². The molecule has 0 spiro atoms. The number of hydrogen-bond acceptors (Lipinski definition) is 4. The number of rotatable bonds is 8. The maximum atomic E-state index is 11.6. The van der Waals surface area contributed by atoms with Crippen molar-refractivity contribution in [2.45, 2.75) is 13.8 Å². The smallest absolute Gasteiger partial charge is 0.227 e. The minimum atomic E-state index is -0.496. The average molecular weight is 231 g/mol. The van der Waals surface area contributed by atoms with Gasteiger partial charge in [0.05, 0.1) is 18.6 Å². The molecule has 0 rings (SSSR count). The van der Waals surface area contributed by atoms with Crippen LogP contribution < -0.4 is 11.1 Å². The Morgan fingerprint density at radius 1 is 1.38 bits per heavy atom. The first-order chi connectivity index (χ1) is 7.40. The zero-order valence-electron chi connectivity index (χ0n) is 10.9. The highest BCUT2D eigenvalue weighted by Gasteiger charge is 2.24. The van der Waals surface area contributed by atoms with Crippen molar-refractivity contribution in [1.82, 2.24) is 10.2 Å². The minimum absolute atomic E-state index is 0.0220. The summed E-state index contributed by atoms with van der Waals surface area (Å²) in [5.41, 5.74) is 5.00. The van der Waals surface area contributed by atoms with Crippen molar-refractivity contribution in [3.8, 4) is 0 Å². The maximum Gasteiger partial charge on any atom is 0.227 e.